The first-order valence-corrected chi connectivity index (χ1v) is 8.69. The van der Waals surface area contributed by atoms with Crippen molar-refractivity contribution in [3.63, 3.8) is 0 Å². The minimum absolute atomic E-state index is 0.133. The maximum Gasteiger partial charge on any atom is 0.251 e. The van der Waals surface area contributed by atoms with Crippen LogP contribution < -0.4 is 10.9 Å². The third-order valence-electron chi connectivity index (χ3n) is 3.53. The van der Waals surface area contributed by atoms with E-state index in [-0.39, 0.29) is 11.5 Å². The average Bonchev–Trinajstić information content (AvgIpc) is 2.66. The molecular weight excluding hydrogens is 334 g/mol. The Kier molecular flexibility index (Phi) is 5.64. The van der Waals surface area contributed by atoms with E-state index in [4.69, 9.17) is 0 Å². The standard InChI is InChI=1S/C19H17N3O2S/c23-16-11-12-20-19(22-16)25-17(15-9-5-2-6-10-15)18(24)21-13-14-7-3-1-4-8-14/h1-12,17H,13H2,(H,21,24)(H,20,22,23). The highest BCUT2D eigenvalue weighted by Crippen LogP contribution is 2.32. The van der Waals surface area contributed by atoms with Gasteiger partial charge < -0.3 is 10.3 Å². The number of aromatic amines is 1. The summed E-state index contributed by atoms with van der Waals surface area (Å²) in [5, 5.41) is 2.86. The first-order valence-electron chi connectivity index (χ1n) is 7.81. The lowest BCUT2D eigenvalue weighted by atomic mass is 10.1. The van der Waals surface area contributed by atoms with Crippen LogP contribution in [-0.4, -0.2) is 15.9 Å². The largest absolute Gasteiger partial charge is 0.351 e. The van der Waals surface area contributed by atoms with Crippen LogP contribution in [0.5, 0.6) is 0 Å². The number of thioether (sulfide) groups is 1. The number of carbonyl (C=O) groups is 1. The molecule has 2 N–H and O–H groups in total. The maximum absolute atomic E-state index is 12.8. The number of carbonyl (C=O) groups excluding carboxylic acids is 1. The molecule has 3 rings (SSSR count). The minimum Gasteiger partial charge on any atom is -0.351 e. The Bertz CT molecular complexity index is 882. The fourth-order valence-electron chi connectivity index (χ4n) is 2.30. The molecular formula is C19H17N3O2S. The summed E-state index contributed by atoms with van der Waals surface area (Å²) < 4.78 is 0. The Labute approximate surface area is 149 Å². The summed E-state index contributed by atoms with van der Waals surface area (Å²) in [7, 11) is 0. The molecule has 25 heavy (non-hydrogen) atoms. The molecule has 0 aliphatic carbocycles. The van der Waals surface area contributed by atoms with Gasteiger partial charge in [0.2, 0.25) is 5.91 Å². The van der Waals surface area contributed by atoms with E-state index in [0.717, 1.165) is 11.1 Å². The van der Waals surface area contributed by atoms with Crippen LogP contribution in [0.25, 0.3) is 0 Å². The highest BCUT2D eigenvalue weighted by Gasteiger charge is 2.22. The lowest BCUT2D eigenvalue weighted by molar-refractivity contribution is -0.120. The number of nitrogens with zero attached hydrogens (tertiary/aromatic N) is 1. The van der Waals surface area contributed by atoms with Gasteiger partial charge in [-0.25, -0.2) is 4.98 Å². The van der Waals surface area contributed by atoms with Crippen molar-refractivity contribution in [2.24, 2.45) is 0 Å². The minimum atomic E-state index is -0.504. The molecule has 1 atom stereocenters. The topological polar surface area (TPSA) is 74.8 Å². The molecule has 6 heteroatoms. The Hall–Kier alpha value is -2.86. The number of hydrogen-bond donors (Lipinski definition) is 2. The molecule has 0 bridgehead atoms. The highest BCUT2D eigenvalue weighted by molar-refractivity contribution is 8.00. The van der Waals surface area contributed by atoms with Crippen LogP contribution in [0.15, 0.2) is 82.9 Å². The molecule has 2 aromatic carbocycles. The predicted molar refractivity (Wildman–Crippen MR) is 98.2 cm³/mol. The summed E-state index contributed by atoms with van der Waals surface area (Å²) in [6.07, 6.45) is 1.44. The quantitative estimate of drug-likeness (QED) is 0.529. The first-order chi connectivity index (χ1) is 12.2. The highest BCUT2D eigenvalue weighted by atomic mass is 32.2. The van der Waals surface area contributed by atoms with E-state index in [2.05, 4.69) is 15.3 Å². The van der Waals surface area contributed by atoms with E-state index < -0.39 is 5.25 Å². The Morgan fingerprint density at radius 1 is 1.04 bits per heavy atom. The first kappa shape index (κ1) is 17.0. The van der Waals surface area contributed by atoms with Gasteiger partial charge in [0, 0.05) is 18.8 Å². The van der Waals surface area contributed by atoms with Crippen molar-refractivity contribution in [1.29, 1.82) is 0 Å². The number of benzene rings is 2. The third-order valence-corrected chi connectivity index (χ3v) is 4.68. The smallest absolute Gasteiger partial charge is 0.251 e. The molecule has 3 aromatic rings. The van der Waals surface area contributed by atoms with Gasteiger partial charge in [0.15, 0.2) is 5.16 Å². The monoisotopic (exact) mass is 351 g/mol. The van der Waals surface area contributed by atoms with Crippen molar-refractivity contribution >= 4 is 17.7 Å². The van der Waals surface area contributed by atoms with Gasteiger partial charge >= 0.3 is 0 Å². The summed E-state index contributed by atoms with van der Waals surface area (Å²) in [6, 6.07) is 20.5. The predicted octanol–water partition coefficient (Wildman–Crippen LogP) is 2.92. The van der Waals surface area contributed by atoms with Gasteiger partial charge in [0.1, 0.15) is 5.25 Å². The molecule has 0 aliphatic heterocycles. The maximum atomic E-state index is 12.8. The van der Waals surface area contributed by atoms with Crippen molar-refractivity contribution < 1.29 is 4.79 Å². The zero-order chi connectivity index (χ0) is 17.5. The summed E-state index contributed by atoms with van der Waals surface area (Å²) in [4.78, 5) is 31.0. The summed E-state index contributed by atoms with van der Waals surface area (Å²) >= 11 is 1.22. The van der Waals surface area contributed by atoms with Crippen molar-refractivity contribution in [1.82, 2.24) is 15.3 Å². The van der Waals surface area contributed by atoms with Crippen LogP contribution in [0.4, 0.5) is 0 Å². The summed E-state index contributed by atoms with van der Waals surface area (Å²) in [5.41, 5.74) is 1.64. The summed E-state index contributed by atoms with van der Waals surface area (Å²) in [5.74, 6) is -0.133. The summed E-state index contributed by atoms with van der Waals surface area (Å²) in [6.45, 7) is 0.447. The molecule has 0 saturated heterocycles. The zero-order valence-corrected chi connectivity index (χ0v) is 14.2. The second-order valence-electron chi connectivity index (χ2n) is 5.35. The molecule has 1 unspecified atom stereocenters. The zero-order valence-electron chi connectivity index (χ0n) is 13.4. The van der Waals surface area contributed by atoms with Crippen LogP contribution in [0.1, 0.15) is 16.4 Å². The molecule has 126 valence electrons. The molecule has 0 saturated carbocycles. The number of nitrogens with one attached hydrogen (secondary N) is 2. The van der Waals surface area contributed by atoms with E-state index in [9.17, 15) is 9.59 Å². The van der Waals surface area contributed by atoms with Crippen molar-refractivity contribution in [3.8, 4) is 0 Å². The molecule has 1 amide bonds. The van der Waals surface area contributed by atoms with Gasteiger partial charge in [-0.3, -0.25) is 9.59 Å². The van der Waals surface area contributed by atoms with Gasteiger partial charge in [-0.05, 0) is 11.1 Å². The molecule has 5 nitrogen and oxygen atoms in total. The number of amides is 1. The molecule has 0 radical (unpaired) electrons. The van der Waals surface area contributed by atoms with Crippen LogP contribution in [0.2, 0.25) is 0 Å². The van der Waals surface area contributed by atoms with Crippen LogP contribution in [0.3, 0.4) is 0 Å². The normalized spacial score (nSPS) is 11.7. The SMILES string of the molecule is O=C(NCc1ccccc1)C(Sc1nccc(=O)[nH]1)c1ccccc1. The lowest BCUT2D eigenvalue weighted by Crippen LogP contribution is -2.27. The number of H-pyrrole nitrogens is 1. The molecule has 0 spiro atoms. The Balaban J connectivity index is 1.78. The van der Waals surface area contributed by atoms with Gasteiger partial charge in [0.05, 0.1) is 0 Å². The molecule has 0 fully saturated rings. The van der Waals surface area contributed by atoms with E-state index >= 15 is 0 Å². The van der Waals surface area contributed by atoms with E-state index in [1.54, 1.807) is 0 Å². The Morgan fingerprint density at radius 2 is 1.72 bits per heavy atom. The second kappa shape index (κ2) is 8.30. The van der Waals surface area contributed by atoms with Gasteiger partial charge in [-0.1, -0.05) is 72.4 Å². The molecule has 0 aliphatic rings. The average molecular weight is 351 g/mol. The van der Waals surface area contributed by atoms with E-state index in [1.165, 1.54) is 24.0 Å². The van der Waals surface area contributed by atoms with Gasteiger partial charge in [-0.15, -0.1) is 0 Å². The fraction of sp³-hybridized carbons (Fsp3) is 0.105. The second-order valence-corrected chi connectivity index (χ2v) is 6.45. The lowest BCUT2D eigenvalue weighted by Gasteiger charge is -2.16. The molecule has 1 aromatic heterocycles. The number of rotatable bonds is 6. The van der Waals surface area contributed by atoms with Crippen LogP contribution in [0, 0.1) is 0 Å². The number of aromatic nitrogens is 2. The van der Waals surface area contributed by atoms with Gasteiger partial charge in [-0.2, -0.15) is 0 Å². The van der Waals surface area contributed by atoms with Gasteiger partial charge in [0.25, 0.3) is 5.56 Å². The van der Waals surface area contributed by atoms with Crippen LogP contribution >= 0.6 is 11.8 Å². The van der Waals surface area contributed by atoms with E-state index in [0.29, 0.717) is 11.7 Å². The molecule has 1 heterocycles. The van der Waals surface area contributed by atoms with Crippen molar-refractivity contribution in [2.45, 2.75) is 17.0 Å². The van der Waals surface area contributed by atoms with Crippen molar-refractivity contribution in [3.05, 3.63) is 94.4 Å². The Morgan fingerprint density at radius 3 is 2.40 bits per heavy atom. The van der Waals surface area contributed by atoms with E-state index in [1.807, 2.05) is 60.7 Å². The fourth-order valence-corrected chi connectivity index (χ4v) is 3.29. The third kappa shape index (κ3) is 4.81. The number of hydrogen-bond acceptors (Lipinski definition) is 4. The van der Waals surface area contributed by atoms with Crippen molar-refractivity contribution in [2.75, 3.05) is 0 Å². The van der Waals surface area contributed by atoms with Crippen LogP contribution in [-0.2, 0) is 11.3 Å².